The molecule has 0 spiro atoms. The summed E-state index contributed by atoms with van der Waals surface area (Å²) in [5, 5.41) is 0. The lowest BCUT2D eigenvalue weighted by Gasteiger charge is -2.29. The highest BCUT2D eigenvalue weighted by atomic mass is 16.5. The molecule has 1 aliphatic heterocycles. The Morgan fingerprint density at radius 2 is 1.97 bits per heavy atom. The third-order valence-corrected chi connectivity index (χ3v) is 4.88. The molecule has 0 bridgehead atoms. The van der Waals surface area contributed by atoms with Crippen molar-refractivity contribution in [3.05, 3.63) is 64.2 Å². The largest absolute Gasteiger partial charge is 0.481 e. The molecule has 1 fully saturated rings. The van der Waals surface area contributed by atoms with E-state index in [4.69, 9.17) is 19.9 Å². The van der Waals surface area contributed by atoms with Crippen molar-refractivity contribution in [2.45, 2.75) is 6.61 Å². The number of pyridine rings is 1. The molecule has 156 valence electrons. The fourth-order valence-corrected chi connectivity index (χ4v) is 3.32. The molecule has 0 radical (unpaired) electrons. The Hall–Kier alpha value is -3.59. The van der Waals surface area contributed by atoms with E-state index in [9.17, 15) is 9.59 Å². The summed E-state index contributed by atoms with van der Waals surface area (Å²) in [5.74, 6) is -0.948. The van der Waals surface area contributed by atoms with Gasteiger partial charge in [-0.25, -0.2) is 9.78 Å². The third kappa shape index (κ3) is 3.79. The molecule has 0 amide bonds. The van der Waals surface area contributed by atoms with Gasteiger partial charge in [-0.05, 0) is 11.6 Å². The molecule has 4 rings (SSSR count). The summed E-state index contributed by atoms with van der Waals surface area (Å²) in [7, 11) is 1.22. The van der Waals surface area contributed by atoms with E-state index in [1.54, 1.807) is 12.3 Å². The number of carbonyl (C=O) groups is 1. The third-order valence-electron chi connectivity index (χ3n) is 4.88. The molecule has 0 aliphatic carbocycles. The molecule has 3 heterocycles. The van der Waals surface area contributed by atoms with E-state index in [1.807, 2.05) is 30.3 Å². The van der Waals surface area contributed by atoms with Crippen molar-refractivity contribution >= 4 is 23.0 Å². The molecule has 1 aromatic carbocycles. The zero-order valence-corrected chi connectivity index (χ0v) is 16.5. The van der Waals surface area contributed by atoms with Crippen LogP contribution < -0.4 is 20.9 Å². The van der Waals surface area contributed by atoms with E-state index >= 15 is 0 Å². The Morgan fingerprint density at radius 3 is 2.67 bits per heavy atom. The van der Waals surface area contributed by atoms with Crippen LogP contribution in [0.3, 0.4) is 0 Å². The van der Waals surface area contributed by atoms with Crippen LogP contribution in [-0.2, 0) is 16.1 Å². The van der Waals surface area contributed by atoms with Crippen molar-refractivity contribution in [2.75, 3.05) is 44.0 Å². The monoisotopic (exact) mass is 410 g/mol. The standard InChI is InChI=1S/C21H22N4O5/c1-28-21(27)17-18(30-13-14-5-3-2-4-6-14)20(26)25-12-15(11-16(22)19(25)23-17)24-7-9-29-10-8-24/h2-6,11-12H,7-10,13,22H2,1H3. The average Bonchev–Trinajstić information content (AvgIpc) is 2.79. The van der Waals surface area contributed by atoms with Crippen molar-refractivity contribution in [3.63, 3.8) is 0 Å². The van der Waals surface area contributed by atoms with E-state index in [2.05, 4.69) is 9.88 Å². The van der Waals surface area contributed by atoms with E-state index in [-0.39, 0.29) is 29.4 Å². The van der Waals surface area contributed by atoms with Gasteiger partial charge in [-0.15, -0.1) is 0 Å². The van der Waals surface area contributed by atoms with Gasteiger partial charge < -0.3 is 24.8 Å². The minimum Gasteiger partial charge on any atom is -0.481 e. The van der Waals surface area contributed by atoms with Gasteiger partial charge in [0.1, 0.15) is 6.61 Å². The average molecular weight is 410 g/mol. The highest BCUT2D eigenvalue weighted by molar-refractivity contribution is 5.91. The van der Waals surface area contributed by atoms with Crippen LogP contribution in [0.25, 0.3) is 5.65 Å². The number of anilines is 2. The number of benzene rings is 1. The van der Waals surface area contributed by atoms with Gasteiger partial charge in [0.25, 0.3) is 0 Å². The van der Waals surface area contributed by atoms with Crippen LogP contribution in [0.2, 0.25) is 0 Å². The summed E-state index contributed by atoms with van der Waals surface area (Å²) in [6, 6.07) is 11.1. The van der Waals surface area contributed by atoms with Gasteiger partial charge in [0.05, 0.1) is 31.7 Å². The number of esters is 1. The molecule has 0 saturated carbocycles. The van der Waals surface area contributed by atoms with E-state index in [1.165, 1.54) is 11.5 Å². The number of fused-ring (bicyclic) bond motifs is 1. The highest BCUT2D eigenvalue weighted by Gasteiger charge is 2.23. The summed E-state index contributed by atoms with van der Waals surface area (Å²) in [6.45, 7) is 2.66. The minimum atomic E-state index is -0.769. The van der Waals surface area contributed by atoms with Crippen molar-refractivity contribution in [1.82, 2.24) is 9.38 Å². The van der Waals surface area contributed by atoms with Crippen molar-refractivity contribution in [2.24, 2.45) is 0 Å². The molecule has 0 unspecified atom stereocenters. The van der Waals surface area contributed by atoms with Gasteiger partial charge in [0, 0.05) is 19.3 Å². The molecule has 1 saturated heterocycles. The molecule has 0 atom stereocenters. The van der Waals surface area contributed by atoms with Crippen molar-refractivity contribution in [1.29, 1.82) is 0 Å². The fraction of sp³-hybridized carbons (Fsp3) is 0.286. The maximum absolute atomic E-state index is 13.3. The number of rotatable bonds is 5. The van der Waals surface area contributed by atoms with E-state index in [0.717, 1.165) is 11.3 Å². The summed E-state index contributed by atoms with van der Waals surface area (Å²) < 4.78 is 17.2. The van der Waals surface area contributed by atoms with Crippen LogP contribution in [-0.4, -0.2) is 48.8 Å². The number of nitrogens with two attached hydrogens (primary N) is 1. The molecule has 2 aromatic heterocycles. The first kappa shape index (κ1) is 19.7. The zero-order valence-electron chi connectivity index (χ0n) is 16.5. The highest BCUT2D eigenvalue weighted by Crippen LogP contribution is 2.24. The second-order valence-corrected chi connectivity index (χ2v) is 6.81. The lowest BCUT2D eigenvalue weighted by Crippen LogP contribution is -2.36. The lowest BCUT2D eigenvalue weighted by molar-refractivity contribution is 0.0588. The number of morpholine rings is 1. The Kier molecular flexibility index (Phi) is 5.53. The van der Waals surface area contributed by atoms with Crippen molar-refractivity contribution in [3.8, 4) is 5.75 Å². The zero-order chi connectivity index (χ0) is 21.1. The fourth-order valence-electron chi connectivity index (χ4n) is 3.32. The van der Waals surface area contributed by atoms with E-state index in [0.29, 0.717) is 26.3 Å². The van der Waals surface area contributed by atoms with Gasteiger partial charge >= 0.3 is 11.5 Å². The molecule has 30 heavy (non-hydrogen) atoms. The van der Waals surface area contributed by atoms with Gasteiger partial charge in [-0.2, -0.15) is 0 Å². The van der Waals surface area contributed by atoms with Crippen LogP contribution >= 0.6 is 0 Å². The Labute approximate surface area is 172 Å². The number of ether oxygens (including phenoxy) is 3. The van der Waals surface area contributed by atoms with Gasteiger partial charge in [0.15, 0.2) is 11.3 Å². The molecule has 2 N–H and O–H groups in total. The van der Waals surface area contributed by atoms with Crippen LogP contribution in [0.15, 0.2) is 47.4 Å². The number of methoxy groups -OCH3 is 1. The number of nitrogens with zero attached hydrogens (tertiary/aromatic N) is 3. The first-order chi connectivity index (χ1) is 14.6. The summed E-state index contributed by atoms with van der Waals surface area (Å²) >= 11 is 0. The summed E-state index contributed by atoms with van der Waals surface area (Å²) in [5.41, 5.74) is 7.51. The minimum absolute atomic E-state index is 0.104. The molecule has 3 aromatic rings. The second kappa shape index (κ2) is 8.42. The second-order valence-electron chi connectivity index (χ2n) is 6.81. The Balaban J connectivity index is 1.81. The molecule has 9 heteroatoms. The number of hydrogen-bond acceptors (Lipinski definition) is 8. The maximum atomic E-state index is 13.3. The van der Waals surface area contributed by atoms with Gasteiger partial charge in [-0.1, -0.05) is 30.3 Å². The first-order valence-electron chi connectivity index (χ1n) is 9.52. The quantitative estimate of drug-likeness (QED) is 0.630. The van der Waals surface area contributed by atoms with Gasteiger partial charge in [0.2, 0.25) is 5.75 Å². The molecular formula is C21H22N4O5. The smallest absolute Gasteiger partial charge is 0.360 e. The van der Waals surface area contributed by atoms with Crippen LogP contribution in [0.4, 0.5) is 11.4 Å². The Morgan fingerprint density at radius 1 is 1.23 bits per heavy atom. The summed E-state index contributed by atoms with van der Waals surface area (Å²) in [6.07, 6.45) is 1.66. The number of hydrogen-bond donors (Lipinski definition) is 1. The Bertz CT molecular complexity index is 1120. The SMILES string of the molecule is COC(=O)c1nc2c(N)cc(N3CCOCC3)cn2c(=O)c1OCc1ccccc1. The van der Waals surface area contributed by atoms with Crippen molar-refractivity contribution < 1.29 is 19.0 Å². The summed E-state index contributed by atoms with van der Waals surface area (Å²) in [4.78, 5) is 31.9. The first-order valence-corrected chi connectivity index (χ1v) is 9.52. The predicted octanol–water partition coefficient (Wildman–Crippen LogP) is 1.48. The lowest BCUT2D eigenvalue weighted by atomic mass is 10.2. The van der Waals surface area contributed by atoms with Gasteiger partial charge in [-0.3, -0.25) is 9.20 Å². The van der Waals surface area contributed by atoms with Crippen LogP contribution in [0.5, 0.6) is 5.75 Å². The normalized spacial score (nSPS) is 14.0. The van der Waals surface area contributed by atoms with E-state index < -0.39 is 11.5 Å². The predicted molar refractivity (Wildman–Crippen MR) is 111 cm³/mol. The molecule has 1 aliphatic rings. The van der Waals surface area contributed by atoms with Crippen LogP contribution in [0, 0.1) is 0 Å². The molecular weight excluding hydrogens is 388 g/mol. The maximum Gasteiger partial charge on any atom is 0.360 e. The molecule has 9 nitrogen and oxygen atoms in total. The number of aromatic nitrogens is 2. The number of carbonyl (C=O) groups excluding carboxylic acids is 1. The van der Waals surface area contributed by atoms with Crippen LogP contribution in [0.1, 0.15) is 16.1 Å². The number of nitrogen functional groups attached to an aromatic ring is 1. The topological polar surface area (TPSA) is 108 Å².